The number of furan rings is 1. The number of hydrogen-bond acceptors (Lipinski definition) is 3. The zero-order valence-electron chi connectivity index (χ0n) is 36.4. The maximum atomic E-state index is 6.79. The molecule has 2 aromatic heterocycles. The molecule has 0 spiro atoms. The van der Waals surface area contributed by atoms with Gasteiger partial charge in [0.25, 0.3) is 0 Å². The van der Waals surface area contributed by atoms with Crippen molar-refractivity contribution in [2.75, 3.05) is 4.90 Å². The molecule has 13 aromatic rings. The van der Waals surface area contributed by atoms with E-state index in [4.69, 9.17) is 4.42 Å². The predicted molar refractivity (Wildman–Crippen MR) is 286 cm³/mol. The third-order valence-electron chi connectivity index (χ3n) is 13.3. The van der Waals surface area contributed by atoms with E-state index in [1.165, 1.54) is 75.5 Å². The third kappa shape index (κ3) is 6.79. The highest BCUT2D eigenvalue weighted by Gasteiger charge is 2.23. The second kappa shape index (κ2) is 16.2. The molecule has 0 unspecified atom stereocenters. The van der Waals surface area contributed by atoms with Gasteiger partial charge in [0.1, 0.15) is 11.2 Å². The number of thiophene rings is 1. The van der Waals surface area contributed by atoms with Crippen molar-refractivity contribution in [2.24, 2.45) is 0 Å². The summed E-state index contributed by atoms with van der Waals surface area (Å²) in [6, 6.07) is 90.0. The van der Waals surface area contributed by atoms with E-state index in [9.17, 15) is 0 Å². The first-order chi connectivity index (χ1) is 33.2. The Bertz CT molecular complexity index is 3950. The summed E-state index contributed by atoms with van der Waals surface area (Å²) < 4.78 is 9.30. The molecule has 2 nitrogen and oxygen atoms in total. The maximum absolute atomic E-state index is 6.79. The van der Waals surface area contributed by atoms with Gasteiger partial charge in [-0.15, -0.1) is 11.3 Å². The van der Waals surface area contributed by atoms with E-state index in [0.717, 1.165) is 50.1 Å². The van der Waals surface area contributed by atoms with E-state index in [-0.39, 0.29) is 0 Å². The van der Waals surface area contributed by atoms with Crippen LogP contribution in [0.4, 0.5) is 17.1 Å². The Hall–Kier alpha value is -8.50. The number of anilines is 3. The van der Waals surface area contributed by atoms with Crippen LogP contribution < -0.4 is 4.90 Å². The van der Waals surface area contributed by atoms with Crippen molar-refractivity contribution in [3.63, 3.8) is 0 Å². The summed E-state index contributed by atoms with van der Waals surface area (Å²) in [6.07, 6.45) is 0. The Morgan fingerprint density at radius 2 is 0.851 bits per heavy atom. The molecular weight excluding hydrogens is 831 g/mol. The van der Waals surface area contributed by atoms with E-state index in [2.05, 4.69) is 254 Å². The van der Waals surface area contributed by atoms with Gasteiger partial charge in [0.2, 0.25) is 0 Å². The van der Waals surface area contributed by atoms with Crippen molar-refractivity contribution >= 4 is 81.3 Å². The van der Waals surface area contributed by atoms with Crippen LogP contribution in [0.2, 0.25) is 0 Å². The van der Waals surface area contributed by atoms with Crippen molar-refractivity contribution in [3.8, 4) is 55.6 Å². The lowest BCUT2D eigenvalue weighted by Crippen LogP contribution is -2.10. The summed E-state index contributed by atoms with van der Waals surface area (Å²) in [5, 5.41) is 7.13. The van der Waals surface area contributed by atoms with E-state index < -0.39 is 0 Å². The molecule has 2 heterocycles. The lowest BCUT2D eigenvalue weighted by atomic mass is 9.89. The van der Waals surface area contributed by atoms with Gasteiger partial charge in [0.05, 0.1) is 5.69 Å². The predicted octanol–water partition coefficient (Wildman–Crippen LogP) is 18.9. The zero-order chi connectivity index (χ0) is 44.3. The molecule has 0 amide bonds. The Labute approximate surface area is 392 Å². The van der Waals surface area contributed by atoms with E-state index >= 15 is 0 Å². The highest BCUT2D eigenvalue weighted by atomic mass is 32.1. The molecule has 13 rings (SSSR count). The molecule has 0 bridgehead atoms. The van der Waals surface area contributed by atoms with Crippen LogP contribution in [-0.4, -0.2) is 0 Å². The zero-order valence-corrected chi connectivity index (χ0v) is 37.3. The van der Waals surface area contributed by atoms with Crippen molar-refractivity contribution in [1.29, 1.82) is 0 Å². The van der Waals surface area contributed by atoms with Crippen LogP contribution in [0.3, 0.4) is 0 Å². The molecule has 0 atom stereocenters. The molecule has 0 aliphatic rings. The lowest BCUT2D eigenvalue weighted by molar-refractivity contribution is 0.669. The second-order valence-corrected chi connectivity index (χ2v) is 18.3. The van der Waals surface area contributed by atoms with Gasteiger partial charge in [-0.05, 0) is 115 Å². The maximum Gasteiger partial charge on any atom is 0.137 e. The highest BCUT2D eigenvalue weighted by Crippen LogP contribution is 2.50. The number of rotatable bonds is 8. The van der Waals surface area contributed by atoms with Crippen molar-refractivity contribution in [1.82, 2.24) is 0 Å². The molecule has 67 heavy (non-hydrogen) atoms. The Morgan fingerprint density at radius 1 is 0.328 bits per heavy atom. The normalized spacial score (nSPS) is 11.6. The van der Waals surface area contributed by atoms with Gasteiger partial charge in [0.15, 0.2) is 0 Å². The molecule has 0 aliphatic heterocycles. The minimum Gasteiger partial charge on any atom is -0.456 e. The minimum absolute atomic E-state index is 0.850. The molecule has 0 saturated heterocycles. The largest absolute Gasteiger partial charge is 0.456 e. The molecule has 0 fully saturated rings. The van der Waals surface area contributed by atoms with E-state index in [1.54, 1.807) is 0 Å². The quantitative estimate of drug-likeness (QED) is 0.151. The molecule has 314 valence electrons. The Balaban J connectivity index is 1.03. The van der Waals surface area contributed by atoms with Crippen LogP contribution >= 0.6 is 11.3 Å². The first kappa shape index (κ1) is 38.9. The van der Waals surface area contributed by atoms with E-state index in [1.807, 2.05) is 11.3 Å². The molecule has 3 heteroatoms. The number of fused-ring (bicyclic) bond motifs is 7. The fourth-order valence-corrected chi connectivity index (χ4v) is 11.4. The van der Waals surface area contributed by atoms with Crippen molar-refractivity contribution in [3.05, 3.63) is 249 Å². The standard InChI is InChI=1S/C64H41NOS/c1-5-15-42(16-6-1)48-28-34-55-56-36-32-51(41-60(56)66-59(55)39-48)65(50-30-25-46(26-31-50)53-33-27-45-21-13-14-24-52(45)62(53)47-22-11-4-12-23-47)58-38-37-54(44-19-9-3-10-20-44)64-63(58)57-35-29-49(40-61(57)67-64)43-17-7-2-8-18-43/h1-41H. The molecule has 0 aliphatic carbocycles. The SMILES string of the molecule is c1ccc(-c2ccc3c(c2)oc2cc(N(c4ccc(-c5ccc6ccccc6c5-c5ccccc5)cc4)c4ccc(-c5ccccc5)c5sc6cc(-c7ccccc7)ccc6c45)ccc23)cc1. The summed E-state index contributed by atoms with van der Waals surface area (Å²) in [6.45, 7) is 0. The fraction of sp³-hybridized carbons (Fsp3) is 0. The third-order valence-corrected chi connectivity index (χ3v) is 14.5. The van der Waals surface area contributed by atoms with Crippen LogP contribution in [0.25, 0.3) is 109 Å². The van der Waals surface area contributed by atoms with E-state index in [0.29, 0.717) is 0 Å². The monoisotopic (exact) mass is 871 g/mol. The smallest absolute Gasteiger partial charge is 0.137 e. The summed E-state index contributed by atoms with van der Waals surface area (Å²) in [5.41, 5.74) is 16.9. The van der Waals surface area contributed by atoms with Crippen LogP contribution in [0.15, 0.2) is 253 Å². The minimum atomic E-state index is 0.850. The average Bonchev–Trinajstić information content (AvgIpc) is 3.98. The van der Waals surface area contributed by atoms with Gasteiger partial charge in [-0.1, -0.05) is 194 Å². The van der Waals surface area contributed by atoms with Crippen LogP contribution in [0.1, 0.15) is 0 Å². The molecule has 0 N–H and O–H groups in total. The second-order valence-electron chi connectivity index (χ2n) is 17.2. The molecule has 0 radical (unpaired) electrons. The van der Waals surface area contributed by atoms with Crippen LogP contribution in [0.5, 0.6) is 0 Å². The van der Waals surface area contributed by atoms with Gasteiger partial charge in [0, 0.05) is 48.4 Å². The van der Waals surface area contributed by atoms with Gasteiger partial charge >= 0.3 is 0 Å². The van der Waals surface area contributed by atoms with Crippen molar-refractivity contribution < 1.29 is 4.42 Å². The molecular formula is C64H41NOS. The Morgan fingerprint density at radius 3 is 1.55 bits per heavy atom. The van der Waals surface area contributed by atoms with Crippen LogP contribution in [-0.2, 0) is 0 Å². The number of hydrogen-bond donors (Lipinski definition) is 0. The van der Waals surface area contributed by atoms with Crippen molar-refractivity contribution in [2.45, 2.75) is 0 Å². The summed E-state index contributed by atoms with van der Waals surface area (Å²) in [5.74, 6) is 0. The summed E-state index contributed by atoms with van der Waals surface area (Å²) >= 11 is 1.87. The van der Waals surface area contributed by atoms with Gasteiger partial charge in [-0.2, -0.15) is 0 Å². The Kier molecular flexibility index (Phi) is 9.40. The van der Waals surface area contributed by atoms with Gasteiger partial charge in [-0.25, -0.2) is 0 Å². The topological polar surface area (TPSA) is 16.4 Å². The lowest BCUT2D eigenvalue weighted by Gasteiger charge is -2.27. The van der Waals surface area contributed by atoms with Gasteiger partial charge in [-0.3, -0.25) is 0 Å². The summed E-state index contributed by atoms with van der Waals surface area (Å²) in [4.78, 5) is 2.43. The van der Waals surface area contributed by atoms with Gasteiger partial charge < -0.3 is 9.32 Å². The molecule has 11 aromatic carbocycles. The number of nitrogens with zero attached hydrogens (tertiary/aromatic N) is 1. The summed E-state index contributed by atoms with van der Waals surface area (Å²) in [7, 11) is 0. The highest BCUT2D eigenvalue weighted by molar-refractivity contribution is 7.26. The first-order valence-electron chi connectivity index (χ1n) is 22.8. The number of benzene rings is 11. The fourth-order valence-electron chi connectivity index (χ4n) is 10.1. The first-order valence-corrected chi connectivity index (χ1v) is 23.6. The average molecular weight is 872 g/mol. The van der Waals surface area contributed by atoms with Crippen LogP contribution in [0, 0.1) is 0 Å². The molecule has 0 saturated carbocycles.